The maximum Gasteiger partial charge on any atom is 0.297 e. The molecule has 0 amide bonds. The fourth-order valence-electron chi connectivity index (χ4n) is 2.43. The zero-order valence-corrected chi connectivity index (χ0v) is 12.2. The molecule has 5 heteroatoms. The predicted molar refractivity (Wildman–Crippen MR) is 75.3 cm³/mol. The monoisotopic (exact) mass is 267 g/mol. The molecule has 0 saturated carbocycles. The fraction of sp³-hybridized carbons (Fsp3) is 0.786. The number of nitrogens with one attached hydrogen (secondary N) is 1. The summed E-state index contributed by atoms with van der Waals surface area (Å²) < 4.78 is 11.1. The number of methoxy groups -OCH3 is 1. The number of nitrogens with zero attached hydrogens (tertiary/aromatic N) is 2. The molecule has 19 heavy (non-hydrogen) atoms. The Morgan fingerprint density at radius 2 is 2.42 bits per heavy atom. The van der Waals surface area contributed by atoms with Gasteiger partial charge >= 0.3 is 0 Å². The van der Waals surface area contributed by atoms with Crippen molar-refractivity contribution in [3.05, 3.63) is 12.0 Å². The third-order valence-corrected chi connectivity index (χ3v) is 3.74. The van der Waals surface area contributed by atoms with E-state index in [1.54, 1.807) is 13.4 Å². The second-order valence-electron chi connectivity index (χ2n) is 5.28. The lowest BCUT2D eigenvalue weighted by Crippen LogP contribution is -2.44. The predicted octanol–water partition coefficient (Wildman–Crippen LogP) is 2.04. The highest BCUT2D eigenvalue weighted by atomic mass is 16.5. The largest absolute Gasteiger partial charge is 0.432 e. The van der Waals surface area contributed by atoms with E-state index in [0.29, 0.717) is 5.92 Å². The van der Waals surface area contributed by atoms with Gasteiger partial charge in [-0.25, -0.2) is 0 Å². The number of hydrogen-bond acceptors (Lipinski definition) is 5. The Hall–Kier alpha value is -1.07. The van der Waals surface area contributed by atoms with Gasteiger partial charge in [0, 0.05) is 26.7 Å². The van der Waals surface area contributed by atoms with E-state index in [1.807, 2.05) is 0 Å². The summed E-state index contributed by atoms with van der Waals surface area (Å²) in [5.74, 6) is 0.599. The number of anilines is 1. The van der Waals surface area contributed by atoms with Crippen LogP contribution in [0.4, 0.5) is 6.01 Å². The minimum Gasteiger partial charge on any atom is -0.432 e. The molecular formula is C14H25N3O2. The van der Waals surface area contributed by atoms with Crippen molar-refractivity contribution in [1.82, 2.24) is 10.3 Å². The first-order chi connectivity index (χ1) is 9.24. The summed E-state index contributed by atoms with van der Waals surface area (Å²) >= 11 is 0. The molecule has 0 aromatic carbocycles. The minimum atomic E-state index is 0.266. The van der Waals surface area contributed by atoms with Gasteiger partial charge in [-0.15, -0.1) is 0 Å². The molecule has 1 fully saturated rings. The van der Waals surface area contributed by atoms with E-state index in [0.717, 1.165) is 50.7 Å². The summed E-state index contributed by atoms with van der Waals surface area (Å²) in [6, 6.07) is 0.724. The molecule has 5 nitrogen and oxygen atoms in total. The summed E-state index contributed by atoms with van der Waals surface area (Å²) in [5, 5.41) is 3.33. The van der Waals surface area contributed by atoms with Gasteiger partial charge in [0.1, 0.15) is 6.26 Å². The van der Waals surface area contributed by atoms with E-state index in [4.69, 9.17) is 9.15 Å². The van der Waals surface area contributed by atoms with Crippen molar-refractivity contribution in [3.8, 4) is 0 Å². The lowest BCUT2D eigenvalue weighted by atomic mass is 9.96. The second-order valence-corrected chi connectivity index (χ2v) is 5.28. The average Bonchev–Trinajstić information content (AvgIpc) is 2.88. The molecule has 1 aromatic rings. The molecule has 0 radical (unpaired) electrons. The van der Waals surface area contributed by atoms with Crippen molar-refractivity contribution in [2.45, 2.75) is 39.3 Å². The molecule has 1 aliphatic rings. The van der Waals surface area contributed by atoms with E-state index in [9.17, 15) is 0 Å². The van der Waals surface area contributed by atoms with Crippen LogP contribution in [0.2, 0.25) is 0 Å². The van der Waals surface area contributed by atoms with Crippen LogP contribution in [0.5, 0.6) is 0 Å². The van der Waals surface area contributed by atoms with Gasteiger partial charge in [-0.3, -0.25) is 0 Å². The lowest BCUT2D eigenvalue weighted by molar-refractivity contribution is 0.0486. The molecule has 1 aromatic heterocycles. The summed E-state index contributed by atoms with van der Waals surface area (Å²) in [5.41, 5.74) is 0.969. The Morgan fingerprint density at radius 3 is 3.16 bits per heavy atom. The number of rotatable bonds is 6. The second kappa shape index (κ2) is 6.91. The molecule has 2 rings (SSSR count). The highest BCUT2D eigenvalue weighted by molar-refractivity contribution is 5.28. The number of aromatic nitrogens is 1. The van der Waals surface area contributed by atoms with Gasteiger partial charge in [-0.2, -0.15) is 4.98 Å². The van der Waals surface area contributed by atoms with Crippen molar-refractivity contribution in [3.63, 3.8) is 0 Å². The van der Waals surface area contributed by atoms with Gasteiger partial charge in [0.25, 0.3) is 6.01 Å². The normalized spacial score (nSPS) is 23.8. The van der Waals surface area contributed by atoms with Gasteiger partial charge < -0.3 is 19.4 Å². The highest BCUT2D eigenvalue weighted by Gasteiger charge is 2.28. The van der Waals surface area contributed by atoms with Crippen LogP contribution in [0.25, 0.3) is 0 Å². The first kappa shape index (κ1) is 14.3. The van der Waals surface area contributed by atoms with Gasteiger partial charge in [0.05, 0.1) is 11.8 Å². The summed E-state index contributed by atoms with van der Waals surface area (Å²) in [7, 11) is 1.78. The Morgan fingerprint density at radius 1 is 1.58 bits per heavy atom. The fourth-order valence-corrected chi connectivity index (χ4v) is 2.43. The molecule has 0 spiro atoms. The van der Waals surface area contributed by atoms with Crippen LogP contribution in [0.3, 0.4) is 0 Å². The maximum atomic E-state index is 5.58. The Bertz CT molecular complexity index is 381. The third kappa shape index (κ3) is 3.70. The first-order valence-corrected chi connectivity index (χ1v) is 7.17. The molecule has 2 unspecified atom stereocenters. The van der Waals surface area contributed by atoms with E-state index in [1.165, 1.54) is 0 Å². The smallest absolute Gasteiger partial charge is 0.297 e. The zero-order chi connectivity index (χ0) is 13.7. The third-order valence-electron chi connectivity index (χ3n) is 3.74. The van der Waals surface area contributed by atoms with Gasteiger partial charge in [0.15, 0.2) is 0 Å². The van der Waals surface area contributed by atoms with Crippen molar-refractivity contribution in [1.29, 1.82) is 0 Å². The molecular weight excluding hydrogens is 242 g/mol. The minimum absolute atomic E-state index is 0.266. The lowest BCUT2D eigenvalue weighted by Gasteiger charge is -2.35. The molecule has 2 atom stereocenters. The summed E-state index contributed by atoms with van der Waals surface area (Å²) in [4.78, 5) is 6.72. The Balaban J connectivity index is 1.91. The maximum absolute atomic E-state index is 5.58. The number of hydrogen-bond donors (Lipinski definition) is 1. The molecule has 108 valence electrons. The van der Waals surface area contributed by atoms with Gasteiger partial charge in [-0.05, 0) is 25.3 Å². The van der Waals surface area contributed by atoms with Gasteiger partial charge in [-0.1, -0.05) is 13.8 Å². The quantitative estimate of drug-likeness (QED) is 0.799. The SMILES string of the molecule is CCCNCc1coc(N2CCC(C)C(OC)C2)n1. The molecule has 2 heterocycles. The average molecular weight is 267 g/mol. The van der Waals surface area contributed by atoms with Crippen LogP contribution in [-0.4, -0.2) is 37.8 Å². The van der Waals surface area contributed by atoms with Crippen LogP contribution in [0.1, 0.15) is 32.4 Å². The standard InChI is InChI=1S/C14H25N3O2/c1-4-6-15-8-12-10-19-14(16-12)17-7-5-11(2)13(9-17)18-3/h10-11,13,15H,4-9H2,1-3H3. The van der Waals surface area contributed by atoms with E-state index < -0.39 is 0 Å². The number of ether oxygens (including phenoxy) is 1. The topological polar surface area (TPSA) is 50.5 Å². The first-order valence-electron chi connectivity index (χ1n) is 7.17. The van der Waals surface area contributed by atoms with E-state index in [-0.39, 0.29) is 6.10 Å². The van der Waals surface area contributed by atoms with Gasteiger partial charge in [0.2, 0.25) is 0 Å². The van der Waals surface area contributed by atoms with Crippen LogP contribution >= 0.6 is 0 Å². The molecule has 1 N–H and O–H groups in total. The highest BCUT2D eigenvalue weighted by Crippen LogP contribution is 2.24. The van der Waals surface area contributed by atoms with Crippen molar-refractivity contribution < 1.29 is 9.15 Å². The van der Waals surface area contributed by atoms with Crippen molar-refractivity contribution in [2.24, 2.45) is 5.92 Å². The molecule has 0 aliphatic carbocycles. The number of oxazole rings is 1. The number of piperidine rings is 1. The summed E-state index contributed by atoms with van der Waals surface area (Å²) in [6.45, 7) is 8.02. The molecule has 1 saturated heterocycles. The van der Waals surface area contributed by atoms with Crippen LogP contribution < -0.4 is 10.2 Å². The zero-order valence-electron chi connectivity index (χ0n) is 12.2. The van der Waals surface area contributed by atoms with Crippen molar-refractivity contribution >= 4 is 6.01 Å². The van der Waals surface area contributed by atoms with Crippen LogP contribution in [0.15, 0.2) is 10.7 Å². The summed E-state index contributed by atoms with van der Waals surface area (Å²) in [6.07, 6.45) is 4.26. The van der Waals surface area contributed by atoms with Crippen molar-refractivity contribution in [2.75, 3.05) is 31.6 Å². The van der Waals surface area contributed by atoms with E-state index in [2.05, 4.69) is 29.0 Å². The van der Waals surface area contributed by atoms with Crippen LogP contribution in [0, 0.1) is 5.92 Å². The molecule has 0 bridgehead atoms. The molecule has 1 aliphatic heterocycles. The Kier molecular flexibility index (Phi) is 5.22. The Labute approximate surface area is 115 Å². The van der Waals surface area contributed by atoms with Crippen LogP contribution in [-0.2, 0) is 11.3 Å². The van der Waals surface area contributed by atoms with E-state index >= 15 is 0 Å².